The van der Waals surface area contributed by atoms with Gasteiger partial charge >= 0.3 is 12.1 Å². The topological polar surface area (TPSA) is 110 Å². The molecule has 2 fully saturated rings. The van der Waals surface area contributed by atoms with Crippen molar-refractivity contribution in [1.29, 1.82) is 0 Å². The second-order valence-electron chi connectivity index (χ2n) is 9.20. The molecule has 2 aromatic heterocycles. The number of H-pyrrole nitrogens is 1. The number of alkyl halides is 3. The number of fused-ring (bicyclic) bond motifs is 1. The summed E-state index contributed by atoms with van der Waals surface area (Å²) in [7, 11) is 0. The molecule has 0 amide bonds. The Balaban J connectivity index is 0.000000405. The van der Waals surface area contributed by atoms with Gasteiger partial charge in [0, 0.05) is 36.9 Å². The molecular weight excluding hydrogens is 511 g/mol. The van der Waals surface area contributed by atoms with Crippen molar-refractivity contribution in [2.24, 2.45) is 5.92 Å². The van der Waals surface area contributed by atoms with E-state index in [0.29, 0.717) is 5.92 Å². The number of rotatable bonds is 4. The number of aromatic amines is 1. The number of carboxylic acid groups (broad SMARTS) is 1. The molecule has 5 rings (SSSR count). The first kappa shape index (κ1) is 26.9. The van der Waals surface area contributed by atoms with Crippen LogP contribution in [0.15, 0.2) is 24.5 Å². The van der Waals surface area contributed by atoms with Crippen LogP contribution in [0.1, 0.15) is 24.1 Å². The standard InChI is InChI=1S/C22H28ClN7.C2HF3O2/c1-15-2-3-17(23)13-19(15)29-8-10-30(11-9-29)22-20-18(12-16-4-6-24-7-5-16)27-28-21(20)25-14-26-22;3-2(4,5)1(6)7/h2-3,13-14,16,24H,4-12H2,1H3,(H,25,26,27,28);(H,6,7). The fourth-order valence-corrected chi connectivity index (χ4v) is 4.90. The summed E-state index contributed by atoms with van der Waals surface area (Å²) in [5.74, 6) is -1.07. The van der Waals surface area contributed by atoms with Crippen LogP contribution in [0.5, 0.6) is 0 Å². The number of hydrogen-bond donors (Lipinski definition) is 3. The summed E-state index contributed by atoms with van der Waals surface area (Å²) in [6.45, 7) is 8.04. The van der Waals surface area contributed by atoms with Crippen LogP contribution in [0, 0.1) is 12.8 Å². The lowest BCUT2D eigenvalue weighted by Crippen LogP contribution is -2.47. The van der Waals surface area contributed by atoms with Gasteiger partial charge in [0.1, 0.15) is 12.1 Å². The van der Waals surface area contributed by atoms with Gasteiger partial charge in [-0.15, -0.1) is 0 Å². The molecule has 0 bridgehead atoms. The highest BCUT2D eigenvalue weighted by molar-refractivity contribution is 6.30. The zero-order valence-electron chi connectivity index (χ0n) is 20.4. The van der Waals surface area contributed by atoms with E-state index in [2.05, 4.69) is 54.3 Å². The largest absolute Gasteiger partial charge is 0.490 e. The van der Waals surface area contributed by atoms with Crippen LogP contribution in [0.25, 0.3) is 11.0 Å². The minimum atomic E-state index is -5.08. The fourth-order valence-electron chi connectivity index (χ4n) is 4.73. The number of carboxylic acids is 1. The molecule has 0 radical (unpaired) electrons. The number of halogens is 4. The highest BCUT2D eigenvalue weighted by Crippen LogP contribution is 2.31. The Morgan fingerprint density at radius 1 is 1.14 bits per heavy atom. The minimum absolute atomic E-state index is 0.674. The number of aliphatic carboxylic acids is 1. The van der Waals surface area contributed by atoms with Crippen molar-refractivity contribution in [2.75, 3.05) is 49.1 Å². The van der Waals surface area contributed by atoms with Crippen molar-refractivity contribution in [3.8, 4) is 0 Å². The number of anilines is 2. The van der Waals surface area contributed by atoms with Crippen LogP contribution in [0.4, 0.5) is 24.7 Å². The molecule has 1 aromatic carbocycles. The predicted molar refractivity (Wildman–Crippen MR) is 135 cm³/mol. The van der Waals surface area contributed by atoms with Crippen molar-refractivity contribution >= 4 is 40.1 Å². The molecule has 9 nitrogen and oxygen atoms in total. The number of piperidine rings is 1. The molecule has 3 aromatic rings. The summed E-state index contributed by atoms with van der Waals surface area (Å²) in [5.41, 5.74) is 4.44. The summed E-state index contributed by atoms with van der Waals surface area (Å²) in [5, 5.41) is 20.2. The van der Waals surface area contributed by atoms with E-state index in [0.717, 1.165) is 73.3 Å². The smallest absolute Gasteiger partial charge is 0.475 e. The number of nitrogens with zero attached hydrogens (tertiary/aromatic N) is 5. The van der Waals surface area contributed by atoms with Crippen molar-refractivity contribution in [3.63, 3.8) is 0 Å². The summed E-state index contributed by atoms with van der Waals surface area (Å²) in [4.78, 5) is 22.8. The Kier molecular flexibility index (Phi) is 8.38. The van der Waals surface area contributed by atoms with Gasteiger partial charge in [-0.25, -0.2) is 14.8 Å². The average Bonchev–Trinajstić information content (AvgIpc) is 3.29. The third-order valence-corrected chi connectivity index (χ3v) is 6.92. The van der Waals surface area contributed by atoms with E-state index in [1.54, 1.807) is 6.33 Å². The summed E-state index contributed by atoms with van der Waals surface area (Å²) < 4.78 is 31.7. The van der Waals surface area contributed by atoms with Crippen LogP contribution in [-0.4, -0.2) is 76.7 Å². The van der Waals surface area contributed by atoms with Gasteiger partial charge in [-0.3, -0.25) is 5.10 Å². The molecule has 37 heavy (non-hydrogen) atoms. The van der Waals surface area contributed by atoms with Crippen molar-refractivity contribution in [3.05, 3.63) is 40.8 Å². The van der Waals surface area contributed by atoms with E-state index in [-0.39, 0.29) is 0 Å². The van der Waals surface area contributed by atoms with E-state index in [1.165, 1.54) is 24.1 Å². The quantitative estimate of drug-likeness (QED) is 0.459. The number of nitrogens with one attached hydrogen (secondary N) is 2. The monoisotopic (exact) mass is 539 g/mol. The molecule has 2 aliphatic rings. The number of benzene rings is 1. The van der Waals surface area contributed by atoms with Gasteiger partial charge < -0.3 is 20.2 Å². The SMILES string of the molecule is Cc1ccc(Cl)cc1N1CCN(c2ncnc3[nH]nc(CC4CCNCC4)c23)CC1.O=C(O)C(F)(F)F. The van der Waals surface area contributed by atoms with E-state index in [9.17, 15) is 13.2 Å². The maximum atomic E-state index is 10.6. The maximum Gasteiger partial charge on any atom is 0.490 e. The summed E-state index contributed by atoms with van der Waals surface area (Å²) in [6, 6.07) is 6.12. The maximum absolute atomic E-state index is 10.6. The predicted octanol–water partition coefficient (Wildman–Crippen LogP) is 3.82. The van der Waals surface area contributed by atoms with Crippen molar-refractivity contribution in [2.45, 2.75) is 32.4 Å². The van der Waals surface area contributed by atoms with Crippen molar-refractivity contribution in [1.82, 2.24) is 25.5 Å². The molecule has 2 saturated heterocycles. The second kappa shape index (κ2) is 11.5. The lowest BCUT2D eigenvalue weighted by atomic mass is 9.92. The van der Waals surface area contributed by atoms with Gasteiger partial charge in [-0.1, -0.05) is 17.7 Å². The Morgan fingerprint density at radius 2 is 1.78 bits per heavy atom. The van der Waals surface area contributed by atoms with E-state index in [1.807, 2.05) is 6.07 Å². The molecule has 0 unspecified atom stereocenters. The number of carbonyl (C=O) groups is 1. The Labute approximate surface area is 217 Å². The van der Waals surface area contributed by atoms with Crippen LogP contribution in [-0.2, 0) is 11.2 Å². The van der Waals surface area contributed by atoms with E-state index < -0.39 is 12.1 Å². The number of aromatic nitrogens is 4. The molecule has 200 valence electrons. The van der Waals surface area contributed by atoms with Crippen LogP contribution in [0.3, 0.4) is 0 Å². The fraction of sp³-hybridized carbons (Fsp3) is 0.500. The third-order valence-electron chi connectivity index (χ3n) is 6.69. The van der Waals surface area contributed by atoms with Crippen molar-refractivity contribution < 1.29 is 23.1 Å². The Hall–Kier alpha value is -3.12. The lowest BCUT2D eigenvalue weighted by Gasteiger charge is -2.37. The third kappa shape index (κ3) is 6.61. The first-order valence-electron chi connectivity index (χ1n) is 12.1. The van der Waals surface area contributed by atoms with Crippen LogP contribution >= 0.6 is 11.6 Å². The van der Waals surface area contributed by atoms with Gasteiger partial charge in [0.25, 0.3) is 0 Å². The number of aryl methyl sites for hydroxylation is 1. The van der Waals surface area contributed by atoms with Crippen LogP contribution in [0.2, 0.25) is 5.02 Å². The van der Waals surface area contributed by atoms with Gasteiger partial charge in [-0.2, -0.15) is 18.3 Å². The molecule has 0 atom stereocenters. The number of hydrogen-bond acceptors (Lipinski definition) is 7. The zero-order chi connectivity index (χ0) is 26.6. The molecule has 2 aliphatic heterocycles. The lowest BCUT2D eigenvalue weighted by molar-refractivity contribution is -0.192. The Bertz CT molecular complexity index is 1220. The first-order valence-corrected chi connectivity index (χ1v) is 12.5. The second-order valence-corrected chi connectivity index (χ2v) is 9.63. The highest BCUT2D eigenvalue weighted by atomic mass is 35.5. The molecular formula is C24H29ClF3N7O2. The van der Waals surface area contributed by atoms with E-state index >= 15 is 0 Å². The molecule has 3 N–H and O–H groups in total. The summed E-state index contributed by atoms with van der Waals surface area (Å²) >= 11 is 6.24. The van der Waals surface area contributed by atoms with Gasteiger partial charge in [0.15, 0.2) is 5.65 Å². The Morgan fingerprint density at radius 3 is 2.43 bits per heavy atom. The number of piperazine rings is 1. The normalized spacial score (nSPS) is 17.0. The first-order chi connectivity index (χ1) is 17.6. The molecule has 0 spiro atoms. The summed E-state index contributed by atoms with van der Waals surface area (Å²) in [6.07, 6.45) is -0.0363. The molecule has 4 heterocycles. The zero-order valence-corrected chi connectivity index (χ0v) is 21.1. The minimum Gasteiger partial charge on any atom is -0.475 e. The molecule has 0 aliphatic carbocycles. The molecule has 13 heteroatoms. The van der Waals surface area contributed by atoms with Gasteiger partial charge in [0.2, 0.25) is 0 Å². The van der Waals surface area contributed by atoms with Gasteiger partial charge in [0.05, 0.1) is 11.1 Å². The van der Waals surface area contributed by atoms with Crippen LogP contribution < -0.4 is 15.1 Å². The van der Waals surface area contributed by atoms with Gasteiger partial charge in [-0.05, 0) is 62.9 Å². The van der Waals surface area contributed by atoms with E-state index in [4.69, 9.17) is 21.5 Å². The highest BCUT2D eigenvalue weighted by Gasteiger charge is 2.38. The average molecular weight is 540 g/mol. The molecule has 0 saturated carbocycles.